The van der Waals surface area contributed by atoms with Crippen molar-refractivity contribution in [2.75, 3.05) is 13.2 Å². The lowest BCUT2D eigenvalue weighted by atomic mass is 10.0. The molecular weight excluding hydrogens is 358 g/mol. The van der Waals surface area contributed by atoms with Crippen molar-refractivity contribution in [3.8, 4) is 0 Å². The highest BCUT2D eigenvalue weighted by molar-refractivity contribution is 5.77. The highest BCUT2D eigenvalue weighted by Crippen LogP contribution is 2.29. The van der Waals surface area contributed by atoms with Crippen LogP contribution in [0.1, 0.15) is 53.5 Å². The van der Waals surface area contributed by atoms with E-state index < -0.39 is 29.3 Å². The number of carbonyl (C=O) groups excluding carboxylic acids is 2. The van der Waals surface area contributed by atoms with Gasteiger partial charge in [-0.2, -0.15) is 0 Å². The second-order valence-corrected chi connectivity index (χ2v) is 9.17. The van der Waals surface area contributed by atoms with Crippen LogP contribution in [0, 0.1) is 5.92 Å². The Bertz CT molecular complexity index is 624. The smallest absolute Gasteiger partial charge is 0.410 e. The zero-order valence-corrected chi connectivity index (χ0v) is 17.9. The van der Waals surface area contributed by atoms with E-state index in [0.717, 1.165) is 5.56 Å². The van der Waals surface area contributed by atoms with Gasteiger partial charge in [0.15, 0.2) is 0 Å². The van der Waals surface area contributed by atoms with Gasteiger partial charge in [-0.3, -0.25) is 4.79 Å². The maximum atomic E-state index is 12.7. The first-order valence-corrected chi connectivity index (χ1v) is 9.80. The lowest BCUT2D eigenvalue weighted by Crippen LogP contribution is -2.46. The first-order chi connectivity index (χ1) is 13.0. The van der Waals surface area contributed by atoms with E-state index >= 15 is 0 Å². The SMILES string of the molecule is CC(C)(C)OC(=O)[C@H]1CCN(C(=O)OC(C)(C)C)[C@H]1COCc1ccccc1. The summed E-state index contributed by atoms with van der Waals surface area (Å²) in [7, 11) is 0. The molecule has 0 N–H and O–H groups in total. The van der Waals surface area contributed by atoms with Crippen molar-refractivity contribution in [2.24, 2.45) is 5.92 Å². The lowest BCUT2D eigenvalue weighted by molar-refractivity contribution is -0.161. The van der Waals surface area contributed by atoms with Crippen molar-refractivity contribution in [2.45, 2.75) is 71.8 Å². The van der Waals surface area contributed by atoms with Crippen molar-refractivity contribution >= 4 is 12.1 Å². The second kappa shape index (κ2) is 8.95. The molecule has 2 atom stereocenters. The normalized spacial score (nSPS) is 20.1. The summed E-state index contributed by atoms with van der Waals surface area (Å²) < 4.78 is 17.0. The molecule has 0 unspecified atom stereocenters. The maximum absolute atomic E-state index is 12.7. The number of likely N-dealkylation sites (tertiary alicyclic amines) is 1. The molecule has 0 saturated carbocycles. The molecule has 6 heteroatoms. The van der Waals surface area contributed by atoms with Crippen LogP contribution >= 0.6 is 0 Å². The van der Waals surface area contributed by atoms with E-state index in [1.165, 1.54) is 0 Å². The van der Waals surface area contributed by atoms with Gasteiger partial charge in [0.2, 0.25) is 0 Å². The van der Waals surface area contributed by atoms with E-state index in [9.17, 15) is 9.59 Å². The number of rotatable bonds is 5. The van der Waals surface area contributed by atoms with E-state index in [1.807, 2.05) is 71.9 Å². The van der Waals surface area contributed by atoms with Gasteiger partial charge in [-0.15, -0.1) is 0 Å². The first-order valence-electron chi connectivity index (χ1n) is 9.80. The van der Waals surface area contributed by atoms with E-state index in [-0.39, 0.29) is 12.6 Å². The fourth-order valence-corrected chi connectivity index (χ4v) is 3.13. The van der Waals surface area contributed by atoms with Crippen LogP contribution in [0.15, 0.2) is 30.3 Å². The van der Waals surface area contributed by atoms with Crippen molar-refractivity contribution in [1.29, 1.82) is 0 Å². The fourth-order valence-electron chi connectivity index (χ4n) is 3.13. The molecule has 1 saturated heterocycles. The summed E-state index contributed by atoms with van der Waals surface area (Å²) in [6.45, 7) is 12.1. The summed E-state index contributed by atoms with van der Waals surface area (Å²) in [5.41, 5.74) is -0.138. The number of ether oxygens (including phenoxy) is 3. The summed E-state index contributed by atoms with van der Waals surface area (Å²) >= 11 is 0. The van der Waals surface area contributed by atoms with E-state index in [2.05, 4.69) is 0 Å². The van der Waals surface area contributed by atoms with Crippen LogP contribution in [0.25, 0.3) is 0 Å². The number of esters is 1. The topological polar surface area (TPSA) is 65.1 Å². The van der Waals surface area contributed by atoms with Crippen LogP contribution in [0.2, 0.25) is 0 Å². The van der Waals surface area contributed by atoms with Gasteiger partial charge in [0.1, 0.15) is 11.2 Å². The van der Waals surface area contributed by atoms with Crippen molar-refractivity contribution in [1.82, 2.24) is 4.90 Å². The van der Waals surface area contributed by atoms with Crippen LogP contribution in [0.5, 0.6) is 0 Å². The molecule has 0 aliphatic carbocycles. The van der Waals surface area contributed by atoms with Crippen LogP contribution in [-0.4, -0.2) is 47.4 Å². The molecule has 28 heavy (non-hydrogen) atoms. The van der Waals surface area contributed by atoms with Gasteiger partial charge < -0.3 is 19.1 Å². The molecule has 1 heterocycles. The zero-order chi connectivity index (χ0) is 20.9. The first kappa shape index (κ1) is 22.2. The molecule has 2 rings (SSSR count). The number of hydrogen-bond acceptors (Lipinski definition) is 5. The van der Waals surface area contributed by atoms with Gasteiger partial charge in [-0.25, -0.2) is 4.79 Å². The summed E-state index contributed by atoms with van der Waals surface area (Å²) in [6, 6.07) is 9.39. The van der Waals surface area contributed by atoms with Crippen LogP contribution < -0.4 is 0 Å². The minimum absolute atomic E-state index is 0.248. The Hall–Kier alpha value is -2.08. The Morgan fingerprint density at radius 2 is 1.61 bits per heavy atom. The Labute approximate surface area is 168 Å². The summed E-state index contributed by atoms with van der Waals surface area (Å²) in [6.07, 6.45) is 0.111. The molecule has 1 aliphatic heterocycles. The monoisotopic (exact) mass is 391 g/mol. The van der Waals surface area contributed by atoms with Gasteiger partial charge in [-0.1, -0.05) is 30.3 Å². The number of benzene rings is 1. The molecule has 1 amide bonds. The van der Waals surface area contributed by atoms with E-state index in [0.29, 0.717) is 19.6 Å². The fraction of sp³-hybridized carbons (Fsp3) is 0.636. The van der Waals surface area contributed by atoms with Gasteiger partial charge in [0.25, 0.3) is 0 Å². The molecule has 0 spiro atoms. The average Bonchev–Trinajstić information content (AvgIpc) is 2.97. The van der Waals surface area contributed by atoms with Crippen LogP contribution in [0.3, 0.4) is 0 Å². The average molecular weight is 392 g/mol. The predicted octanol–water partition coefficient (Wildman–Crippen LogP) is 4.17. The Kier molecular flexibility index (Phi) is 7.10. The quantitative estimate of drug-likeness (QED) is 0.705. The minimum atomic E-state index is -0.601. The largest absolute Gasteiger partial charge is 0.460 e. The zero-order valence-electron chi connectivity index (χ0n) is 17.9. The number of carbonyl (C=O) groups is 2. The van der Waals surface area contributed by atoms with Crippen molar-refractivity contribution in [3.05, 3.63) is 35.9 Å². The molecule has 1 aliphatic rings. The molecule has 1 aromatic carbocycles. The standard InChI is InChI=1S/C22H33NO5/c1-21(2,3)27-19(24)17-12-13-23(20(25)28-22(4,5)6)18(17)15-26-14-16-10-8-7-9-11-16/h7-11,17-18H,12-15H2,1-6H3/t17-,18-/m0/s1. The van der Waals surface area contributed by atoms with Crippen LogP contribution in [0.4, 0.5) is 4.79 Å². The number of hydrogen-bond donors (Lipinski definition) is 0. The summed E-state index contributed by atoms with van der Waals surface area (Å²) in [4.78, 5) is 27.0. The molecule has 1 aromatic rings. The third-order valence-electron chi connectivity index (χ3n) is 4.28. The lowest BCUT2D eigenvalue weighted by Gasteiger charge is -2.31. The van der Waals surface area contributed by atoms with E-state index in [4.69, 9.17) is 14.2 Å². The number of amides is 1. The maximum Gasteiger partial charge on any atom is 0.410 e. The molecule has 6 nitrogen and oxygen atoms in total. The minimum Gasteiger partial charge on any atom is -0.460 e. The Balaban J connectivity index is 2.08. The van der Waals surface area contributed by atoms with Crippen LogP contribution in [-0.2, 0) is 25.6 Å². The Morgan fingerprint density at radius 3 is 2.18 bits per heavy atom. The highest BCUT2D eigenvalue weighted by Gasteiger charge is 2.44. The molecule has 0 radical (unpaired) electrons. The second-order valence-electron chi connectivity index (χ2n) is 9.17. The summed E-state index contributed by atoms with van der Waals surface area (Å²) in [5, 5.41) is 0. The molecule has 156 valence electrons. The molecule has 0 aromatic heterocycles. The third kappa shape index (κ3) is 6.82. The molecular formula is C22H33NO5. The Morgan fingerprint density at radius 1 is 1.00 bits per heavy atom. The van der Waals surface area contributed by atoms with Gasteiger partial charge in [-0.05, 0) is 53.5 Å². The van der Waals surface area contributed by atoms with Gasteiger partial charge in [0.05, 0.1) is 25.2 Å². The van der Waals surface area contributed by atoms with E-state index in [1.54, 1.807) is 4.90 Å². The molecule has 1 fully saturated rings. The van der Waals surface area contributed by atoms with Gasteiger partial charge in [0, 0.05) is 6.54 Å². The summed E-state index contributed by atoms with van der Waals surface area (Å²) in [5.74, 6) is -0.727. The van der Waals surface area contributed by atoms with Crippen molar-refractivity contribution < 1.29 is 23.8 Å². The predicted molar refractivity (Wildman–Crippen MR) is 107 cm³/mol. The third-order valence-corrected chi connectivity index (χ3v) is 4.28. The van der Waals surface area contributed by atoms with Gasteiger partial charge >= 0.3 is 12.1 Å². The molecule has 0 bridgehead atoms. The van der Waals surface area contributed by atoms with Crippen molar-refractivity contribution in [3.63, 3.8) is 0 Å². The number of nitrogens with zero attached hydrogens (tertiary/aromatic N) is 1. The highest BCUT2D eigenvalue weighted by atomic mass is 16.6.